The number of fused-ring (bicyclic) bond motifs is 1. The highest BCUT2D eigenvalue weighted by Crippen LogP contribution is 2.23. The van der Waals surface area contributed by atoms with Gasteiger partial charge in [-0.05, 0) is 35.9 Å². The molecule has 1 N–H and O–H groups in total. The van der Waals surface area contributed by atoms with Crippen molar-refractivity contribution in [1.29, 1.82) is 0 Å². The fourth-order valence-corrected chi connectivity index (χ4v) is 2.36. The van der Waals surface area contributed by atoms with E-state index in [-0.39, 0.29) is 11.7 Å². The van der Waals surface area contributed by atoms with Crippen molar-refractivity contribution in [1.82, 2.24) is 4.57 Å². The first-order valence-electron chi connectivity index (χ1n) is 6.41. The summed E-state index contributed by atoms with van der Waals surface area (Å²) in [6, 6.07) is 11.1. The van der Waals surface area contributed by atoms with Crippen molar-refractivity contribution in [3.63, 3.8) is 0 Å². The first kappa shape index (κ1) is 12.4. The summed E-state index contributed by atoms with van der Waals surface area (Å²) in [5, 5.41) is 2.71. The predicted octanol–water partition coefficient (Wildman–Crippen LogP) is 2.73. The van der Waals surface area contributed by atoms with Crippen LogP contribution in [0.5, 0.6) is 0 Å². The van der Waals surface area contributed by atoms with Gasteiger partial charge in [-0.25, -0.2) is 0 Å². The number of nitrogens with one attached hydrogen (secondary N) is 1. The Hall–Kier alpha value is -2.62. The number of nitrogens with zero attached hydrogens (tertiary/aromatic N) is 1. The second-order valence-electron chi connectivity index (χ2n) is 4.82. The Labute approximate surface area is 116 Å². The number of amides is 1. The van der Waals surface area contributed by atoms with Crippen molar-refractivity contribution in [3.8, 4) is 0 Å². The number of ketones is 1. The molecular weight excluding hydrogens is 252 g/mol. The van der Waals surface area contributed by atoms with E-state index in [1.54, 1.807) is 0 Å². The van der Waals surface area contributed by atoms with E-state index in [0.29, 0.717) is 6.54 Å². The average Bonchev–Trinajstić information content (AvgIpc) is 2.96. The molecule has 1 aliphatic heterocycles. The summed E-state index contributed by atoms with van der Waals surface area (Å²) in [5.74, 6) is -0.0117. The van der Waals surface area contributed by atoms with Gasteiger partial charge in [0.25, 0.3) is 0 Å². The quantitative estimate of drug-likeness (QED) is 0.850. The van der Waals surface area contributed by atoms with Crippen LogP contribution in [-0.4, -0.2) is 16.3 Å². The van der Waals surface area contributed by atoms with Gasteiger partial charge in [-0.2, -0.15) is 0 Å². The Bertz CT molecular complexity index is 708. The SMILES string of the molecule is CC(=O)Nc1ccc(C=C2Cn3cccc3C2=O)cc1. The van der Waals surface area contributed by atoms with Crippen molar-refractivity contribution in [2.75, 3.05) is 5.32 Å². The smallest absolute Gasteiger partial charge is 0.221 e. The lowest BCUT2D eigenvalue weighted by Crippen LogP contribution is -2.05. The second-order valence-corrected chi connectivity index (χ2v) is 4.82. The van der Waals surface area contributed by atoms with E-state index in [1.165, 1.54) is 6.92 Å². The third-order valence-electron chi connectivity index (χ3n) is 3.27. The molecule has 0 unspecified atom stereocenters. The summed E-state index contributed by atoms with van der Waals surface area (Å²) in [4.78, 5) is 23.1. The molecule has 4 heteroatoms. The Morgan fingerprint density at radius 1 is 1.25 bits per heavy atom. The number of rotatable bonds is 2. The van der Waals surface area contributed by atoms with Crippen molar-refractivity contribution in [3.05, 3.63) is 59.4 Å². The number of Topliss-reactive ketones (excluding diaryl/α,β-unsaturated/α-hetero) is 1. The maximum absolute atomic E-state index is 12.1. The highest BCUT2D eigenvalue weighted by atomic mass is 16.1. The monoisotopic (exact) mass is 266 g/mol. The number of hydrogen-bond acceptors (Lipinski definition) is 2. The molecule has 1 aliphatic rings. The number of carbonyl (C=O) groups is 2. The minimum Gasteiger partial charge on any atom is -0.340 e. The molecule has 1 aromatic heterocycles. The molecule has 1 amide bonds. The Balaban J connectivity index is 1.81. The molecule has 0 saturated carbocycles. The highest BCUT2D eigenvalue weighted by Gasteiger charge is 2.23. The van der Waals surface area contributed by atoms with E-state index in [0.717, 1.165) is 22.5 Å². The summed E-state index contributed by atoms with van der Waals surface area (Å²) in [6.07, 6.45) is 3.81. The molecule has 20 heavy (non-hydrogen) atoms. The Morgan fingerprint density at radius 2 is 2.00 bits per heavy atom. The van der Waals surface area contributed by atoms with Crippen molar-refractivity contribution in [2.45, 2.75) is 13.5 Å². The molecule has 0 bridgehead atoms. The first-order chi connectivity index (χ1) is 9.63. The van der Waals surface area contributed by atoms with Gasteiger partial charge in [-0.1, -0.05) is 12.1 Å². The predicted molar refractivity (Wildman–Crippen MR) is 77.5 cm³/mol. The summed E-state index contributed by atoms with van der Waals surface area (Å²) in [5.41, 5.74) is 3.23. The van der Waals surface area contributed by atoms with E-state index in [9.17, 15) is 9.59 Å². The molecule has 0 spiro atoms. The van der Waals surface area contributed by atoms with Crippen LogP contribution in [0.25, 0.3) is 6.08 Å². The van der Waals surface area contributed by atoms with Crippen LogP contribution in [0, 0.1) is 0 Å². The largest absolute Gasteiger partial charge is 0.340 e. The summed E-state index contributed by atoms with van der Waals surface area (Å²) >= 11 is 0. The lowest BCUT2D eigenvalue weighted by Gasteiger charge is -2.02. The van der Waals surface area contributed by atoms with E-state index in [1.807, 2.05) is 53.2 Å². The van der Waals surface area contributed by atoms with Crippen LogP contribution in [0.2, 0.25) is 0 Å². The fraction of sp³-hybridized carbons (Fsp3) is 0.125. The van der Waals surface area contributed by atoms with E-state index in [4.69, 9.17) is 0 Å². The van der Waals surface area contributed by atoms with Crippen molar-refractivity contribution >= 4 is 23.5 Å². The van der Waals surface area contributed by atoms with Crippen LogP contribution in [-0.2, 0) is 11.3 Å². The van der Waals surface area contributed by atoms with Crippen LogP contribution in [0.1, 0.15) is 23.0 Å². The molecule has 1 aromatic carbocycles. The third-order valence-corrected chi connectivity index (χ3v) is 3.27. The first-order valence-corrected chi connectivity index (χ1v) is 6.41. The molecule has 100 valence electrons. The molecule has 0 radical (unpaired) electrons. The van der Waals surface area contributed by atoms with Crippen molar-refractivity contribution < 1.29 is 9.59 Å². The lowest BCUT2D eigenvalue weighted by atomic mass is 10.1. The number of allylic oxidation sites excluding steroid dienone is 1. The van der Waals surface area contributed by atoms with Crippen LogP contribution in [0.3, 0.4) is 0 Å². The molecule has 2 heterocycles. The molecule has 0 aliphatic carbocycles. The van der Waals surface area contributed by atoms with Gasteiger partial charge in [0.1, 0.15) is 0 Å². The van der Waals surface area contributed by atoms with Gasteiger partial charge in [0.2, 0.25) is 11.7 Å². The maximum atomic E-state index is 12.1. The van der Waals surface area contributed by atoms with Crippen LogP contribution in [0.4, 0.5) is 5.69 Å². The molecule has 3 rings (SSSR count). The van der Waals surface area contributed by atoms with E-state index >= 15 is 0 Å². The fourth-order valence-electron chi connectivity index (χ4n) is 2.36. The van der Waals surface area contributed by atoms with Gasteiger partial charge in [0.15, 0.2) is 0 Å². The average molecular weight is 266 g/mol. The Morgan fingerprint density at radius 3 is 2.65 bits per heavy atom. The minimum absolute atomic E-state index is 0.0842. The summed E-state index contributed by atoms with van der Waals surface area (Å²) in [6.45, 7) is 2.09. The van der Waals surface area contributed by atoms with Gasteiger partial charge < -0.3 is 9.88 Å². The van der Waals surface area contributed by atoms with E-state index < -0.39 is 0 Å². The zero-order chi connectivity index (χ0) is 14.1. The number of anilines is 1. The minimum atomic E-state index is -0.0959. The molecule has 4 nitrogen and oxygen atoms in total. The summed E-state index contributed by atoms with van der Waals surface area (Å²) in [7, 11) is 0. The lowest BCUT2D eigenvalue weighted by molar-refractivity contribution is -0.114. The van der Waals surface area contributed by atoms with E-state index in [2.05, 4.69) is 5.32 Å². The molecule has 0 atom stereocenters. The third kappa shape index (κ3) is 2.28. The maximum Gasteiger partial charge on any atom is 0.221 e. The molecular formula is C16H14N2O2. The highest BCUT2D eigenvalue weighted by molar-refractivity contribution is 6.12. The van der Waals surface area contributed by atoms with Gasteiger partial charge in [-0.3, -0.25) is 9.59 Å². The van der Waals surface area contributed by atoms with Gasteiger partial charge in [0.05, 0.1) is 12.2 Å². The zero-order valence-corrected chi connectivity index (χ0v) is 11.1. The van der Waals surface area contributed by atoms with Crippen LogP contribution in [0.15, 0.2) is 48.2 Å². The summed E-state index contributed by atoms with van der Waals surface area (Å²) < 4.78 is 1.94. The molecule has 0 saturated heterocycles. The Kier molecular flexibility index (Phi) is 2.99. The molecule has 0 fully saturated rings. The van der Waals surface area contributed by atoms with Crippen molar-refractivity contribution in [2.24, 2.45) is 0 Å². The van der Waals surface area contributed by atoms with Gasteiger partial charge in [0, 0.05) is 24.4 Å². The number of benzene rings is 1. The van der Waals surface area contributed by atoms with Gasteiger partial charge in [-0.15, -0.1) is 0 Å². The number of aromatic nitrogens is 1. The van der Waals surface area contributed by atoms with Gasteiger partial charge >= 0.3 is 0 Å². The number of hydrogen-bond donors (Lipinski definition) is 1. The normalized spacial score (nSPS) is 15.4. The topological polar surface area (TPSA) is 51.1 Å². The molecule has 2 aromatic rings. The van der Waals surface area contributed by atoms with Crippen LogP contribution < -0.4 is 5.32 Å². The zero-order valence-electron chi connectivity index (χ0n) is 11.1. The van der Waals surface area contributed by atoms with Crippen LogP contribution >= 0.6 is 0 Å². The number of carbonyl (C=O) groups excluding carboxylic acids is 2. The second kappa shape index (κ2) is 4.81. The standard InChI is InChI=1S/C16H14N2O2/c1-11(19)17-14-6-4-12(5-7-14)9-13-10-18-8-2-3-15(18)16(13)20/h2-9H,10H2,1H3,(H,17,19).